The molecule has 1 unspecified atom stereocenters. The fourth-order valence-corrected chi connectivity index (χ4v) is 4.21. The second kappa shape index (κ2) is 15.7. The number of methoxy groups -OCH3 is 2. The summed E-state index contributed by atoms with van der Waals surface area (Å²) in [6, 6.07) is 3.83. The number of hydrogen-bond acceptors (Lipinski definition) is 3. The van der Waals surface area contributed by atoms with Crippen LogP contribution in [0.15, 0.2) is 18.2 Å². The molecule has 0 saturated heterocycles. The molecule has 31 heavy (non-hydrogen) atoms. The van der Waals surface area contributed by atoms with E-state index in [0.717, 1.165) is 44.6 Å². The van der Waals surface area contributed by atoms with E-state index in [-0.39, 0.29) is 12.0 Å². The Balaban J connectivity index is 2.59. The van der Waals surface area contributed by atoms with E-state index in [0.29, 0.717) is 12.0 Å². The number of benzene rings is 1. The average molecular weight is 443 g/mol. The summed E-state index contributed by atoms with van der Waals surface area (Å²) in [5.74, 6) is -1.87. The van der Waals surface area contributed by atoms with Crippen LogP contribution >= 0.6 is 0 Å². The van der Waals surface area contributed by atoms with Crippen LogP contribution in [-0.4, -0.2) is 26.3 Å². The van der Waals surface area contributed by atoms with E-state index in [1.165, 1.54) is 38.2 Å². The Bertz CT molecular complexity index is 588. The van der Waals surface area contributed by atoms with E-state index in [1.54, 1.807) is 20.3 Å². The number of rotatable bonds is 18. The molecule has 0 amide bonds. The first-order valence-corrected chi connectivity index (χ1v) is 12.1. The van der Waals surface area contributed by atoms with Crippen molar-refractivity contribution < 1.29 is 23.0 Å². The maximum Gasteiger partial charge on any atom is 0.285 e. The Hall–Kier alpha value is -1.04. The van der Waals surface area contributed by atoms with E-state index >= 15 is 0 Å². The molecule has 0 saturated carbocycles. The Morgan fingerprint density at radius 1 is 0.839 bits per heavy atom. The topological polar surface area (TPSA) is 27.7 Å². The second-order valence-electron chi connectivity index (χ2n) is 8.77. The fraction of sp³-hybridized carbons (Fsp3) is 0.769. The molecule has 0 N–H and O–H groups in total. The first-order valence-electron chi connectivity index (χ1n) is 12.1. The summed E-state index contributed by atoms with van der Waals surface area (Å²) in [6.07, 6.45) is 12.8. The number of halogens is 2. The Morgan fingerprint density at radius 3 is 1.97 bits per heavy atom. The molecule has 0 heterocycles. The van der Waals surface area contributed by atoms with Crippen molar-refractivity contribution in [3.05, 3.63) is 35.4 Å². The predicted octanol–water partition coefficient (Wildman–Crippen LogP) is 7.81. The predicted molar refractivity (Wildman–Crippen MR) is 123 cm³/mol. The van der Waals surface area contributed by atoms with Crippen LogP contribution in [0.25, 0.3) is 0 Å². The molecular weight excluding hydrogens is 398 g/mol. The summed E-state index contributed by atoms with van der Waals surface area (Å²) in [6.45, 7) is 6.22. The molecule has 0 aliphatic carbocycles. The van der Waals surface area contributed by atoms with E-state index in [4.69, 9.17) is 14.2 Å². The highest BCUT2D eigenvalue weighted by molar-refractivity contribution is 5.18. The van der Waals surface area contributed by atoms with Crippen LogP contribution in [0.2, 0.25) is 0 Å². The van der Waals surface area contributed by atoms with E-state index in [2.05, 4.69) is 6.92 Å². The van der Waals surface area contributed by atoms with Gasteiger partial charge in [-0.15, -0.1) is 0 Å². The molecule has 180 valence electrons. The third-order valence-electron chi connectivity index (χ3n) is 5.89. The maximum absolute atomic E-state index is 13.8. The molecule has 0 radical (unpaired) electrons. The molecule has 0 spiro atoms. The standard InChI is InChI=1S/C26H44F2O3/c1-6-7-8-9-10-13-16-23(26(29-4,30-5)31-21(2)3)17-14-11-12-15-22-18-19-24(27)20-25(22)28/h18-21,23H,6-17H2,1-5H3. The molecule has 0 fully saturated rings. The van der Waals surface area contributed by atoms with Gasteiger partial charge in [-0.05, 0) is 51.2 Å². The summed E-state index contributed by atoms with van der Waals surface area (Å²) >= 11 is 0. The van der Waals surface area contributed by atoms with Gasteiger partial charge >= 0.3 is 0 Å². The Morgan fingerprint density at radius 2 is 1.42 bits per heavy atom. The SMILES string of the molecule is CCCCCCCCC(CCCCCc1ccc(F)cc1F)C(OC)(OC)OC(C)C. The van der Waals surface area contributed by atoms with Crippen LogP contribution in [-0.2, 0) is 20.6 Å². The zero-order valence-corrected chi connectivity index (χ0v) is 20.4. The average Bonchev–Trinajstić information content (AvgIpc) is 2.74. The minimum Gasteiger partial charge on any atom is -0.331 e. The molecule has 1 aromatic rings. The van der Waals surface area contributed by atoms with E-state index in [1.807, 2.05) is 13.8 Å². The highest BCUT2D eigenvalue weighted by Crippen LogP contribution is 2.34. The van der Waals surface area contributed by atoms with Crippen LogP contribution in [0, 0.1) is 17.6 Å². The minimum atomic E-state index is -1.03. The van der Waals surface area contributed by atoms with Crippen LogP contribution in [0.4, 0.5) is 8.78 Å². The Kier molecular flexibility index (Phi) is 14.2. The van der Waals surface area contributed by atoms with E-state index < -0.39 is 17.6 Å². The molecule has 1 rings (SSSR count). The van der Waals surface area contributed by atoms with Crippen molar-refractivity contribution in [3.63, 3.8) is 0 Å². The lowest BCUT2D eigenvalue weighted by atomic mass is 9.91. The number of aryl methyl sites for hydroxylation is 1. The van der Waals surface area contributed by atoms with Crippen LogP contribution in [0.5, 0.6) is 0 Å². The largest absolute Gasteiger partial charge is 0.331 e. The van der Waals surface area contributed by atoms with Gasteiger partial charge in [-0.2, -0.15) is 0 Å². The van der Waals surface area contributed by atoms with Gasteiger partial charge in [0.1, 0.15) is 11.6 Å². The number of ether oxygens (including phenoxy) is 3. The third-order valence-corrected chi connectivity index (χ3v) is 5.89. The van der Waals surface area contributed by atoms with Gasteiger partial charge in [0.15, 0.2) is 0 Å². The molecule has 0 bridgehead atoms. The first kappa shape index (κ1) is 28.0. The van der Waals surface area contributed by atoms with Crippen LogP contribution in [0.1, 0.15) is 97.0 Å². The van der Waals surface area contributed by atoms with Crippen molar-refractivity contribution in [3.8, 4) is 0 Å². The van der Waals surface area contributed by atoms with Crippen LogP contribution in [0.3, 0.4) is 0 Å². The van der Waals surface area contributed by atoms with Gasteiger partial charge in [0.05, 0.1) is 6.10 Å². The second-order valence-corrected chi connectivity index (χ2v) is 8.77. The van der Waals surface area contributed by atoms with Gasteiger partial charge in [-0.25, -0.2) is 8.78 Å². The summed E-state index contributed by atoms with van der Waals surface area (Å²) in [5, 5.41) is 0. The van der Waals surface area contributed by atoms with Gasteiger partial charge in [0.25, 0.3) is 5.97 Å². The summed E-state index contributed by atoms with van der Waals surface area (Å²) in [7, 11) is 3.30. The summed E-state index contributed by atoms with van der Waals surface area (Å²) in [5.41, 5.74) is 0.580. The minimum absolute atomic E-state index is 0.00611. The smallest absolute Gasteiger partial charge is 0.285 e. The normalized spacial score (nSPS) is 13.2. The molecule has 0 aliphatic rings. The maximum atomic E-state index is 13.8. The molecular formula is C26H44F2O3. The highest BCUT2D eigenvalue weighted by atomic mass is 19.1. The lowest BCUT2D eigenvalue weighted by Crippen LogP contribution is -2.46. The zero-order chi connectivity index (χ0) is 23.1. The molecule has 1 aromatic carbocycles. The number of unbranched alkanes of at least 4 members (excludes halogenated alkanes) is 7. The Labute approximate surface area is 188 Å². The van der Waals surface area contributed by atoms with Gasteiger partial charge in [0, 0.05) is 26.2 Å². The van der Waals surface area contributed by atoms with Crippen molar-refractivity contribution in [1.29, 1.82) is 0 Å². The van der Waals surface area contributed by atoms with Crippen molar-refractivity contribution in [2.24, 2.45) is 5.92 Å². The number of hydrogen-bond donors (Lipinski definition) is 0. The van der Waals surface area contributed by atoms with Gasteiger partial charge < -0.3 is 14.2 Å². The van der Waals surface area contributed by atoms with E-state index in [9.17, 15) is 8.78 Å². The van der Waals surface area contributed by atoms with Crippen molar-refractivity contribution in [1.82, 2.24) is 0 Å². The molecule has 5 heteroatoms. The monoisotopic (exact) mass is 442 g/mol. The lowest BCUT2D eigenvalue weighted by molar-refractivity contribution is -0.399. The zero-order valence-electron chi connectivity index (χ0n) is 20.4. The van der Waals surface area contributed by atoms with Crippen molar-refractivity contribution in [2.75, 3.05) is 14.2 Å². The van der Waals surface area contributed by atoms with Gasteiger partial charge in [-0.3, -0.25) is 0 Å². The highest BCUT2D eigenvalue weighted by Gasteiger charge is 2.41. The third kappa shape index (κ3) is 10.4. The molecule has 0 aliphatic heterocycles. The van der Waals surface area contributed by atoms with Crippen molar-refractivity contribution >= 4 is 0 Å². The van der Waals surface area contributed by atoms with Gasteiger partial charge in [0.2, 0.25) is 0 Å². The molecule has 1 atom stereocenters. The van der Waals surface area contributed by atoms with Gasteiger partial charge in [-0.1, -0.05) is 64.4 Å². The lowest BCUT2D eigenvalue weighted by Gasteiger charge is -2.39. The van der Waals surface area contributed by atoms with Crippen LogP contribution < -0.4 is 0 Å². The fourth-order valence-electron chi connectivity index (χ4n) is 4.21. The molecule has 3 nitrogen and oxygen atoms in total. The first-order chi connectivity index (χ1) is 14.9. The summed E-state index contributed by atoms with van der Waals surface area (Å²) in [4.78, 5) is 0. The summed E-state index contributed by atoms with van der Waals surface area (Å²) < 4.78 is 44.6. The quantitative estimate of drug-likeness (QED) is 0.171. The molecule has 0 aromatic heterocycles. The van der Waals surface area contributed by atoms with Crippen molar-refractivity contribution in [2.45, 2.75) is 110 Å².